The van der Waals surface area contributed by atoms with Crippen molar-refractivity contribution in [1.29, 1.82) is 0 Å². The number of hydrogen-bond donors (Lipinski definition) is 1. The molecule has 17 heavy (non-hydrogen) atoms. The molecule has 1 N–H and O–H groups in total. The number of nitrogens with zero attached hydrogens (tertiary/aromatic N) is 1. The number of likely N-dealkylation sites (tertiary alicyclic amines) is 1. The Kier molecular flexibility index (Phi) is 5.46. The molecule has 0 radical (unpaired) electrons. The number of hydrogen-bond acceptors (Lipinski definition) is 3. The minimum atomic E-state index is 0.327. The highest BCUT2D eigenvalue weighted by Gasteiger charge is 2.22. The predicted octanol–water partition coefficient (Wildman–Crippen LogP) is 1.82. The first kappa shape index (κ1) is 13.0. The van der Waals surface area contributed by atoms with Gasteiger partial charge in [0.1, 0.15) is 5.78 Å². The molecule has 2 saturated heterocycles. The minimum Gasteiger partial charge on any atom is -0.317 e. The summed E-state index contributed by atoms with van der Waals surface area (Å²) >= 11 is 0. The van der Waals surface area contributed by atoms with Gasteiger partial charge < -0.3 is 5.32 Å². The Morgan fingerprint density at radius 1 is 1.00 bits per heavy atom. The van der Waals surface area contributed by atoms with Gasteiger partial charge in [0.15, 0.2) is 0 Å². The van der Waals surface area contributed by atoms with Gasteiger partial charge in [-0.15, -0.1) is 0 Å². The molecule has 2 rings (SSSR count). The molecule has 2 aliphatic rings. The maximum Gasteiger partial charge on any atom is 0.149 e. The lowest BCUT2D eigenvalue weighted by atomic mass is 9.95. The molecule has 0 spiro atoms. The van der Waals surface area contributed by atoms with Gasteiger partial charge in [-0.3, -0.25) is 9.69 Å². The lowest BCUT2D eigenvalue weighted by Gasteiger charge is -2.21. The third-order valence-electron chi connectivity index (χ3n) is 4.11. The first-order chi connectivity index (χ1) is 8.36. The molecule has 0 aromatic carbocycles. The summed E-state index contributed by atoms with van der Waals surface area (Å²) in [5.74, 6) is 0.823. The summed E-state index contributed by atoms with van der Waals surface area (Å²) in [5.41, 5.74) is 0. The molecular weight excluding hydrogens is 212 g/mol. The summed E-state index contributed by atoms with van der Waals surface area (Å²) in [6, 6.07) is 0. The van der Waals surface area contributed by atoms with E-state index in [2.05, 4.69) is 10.2 Å². The van der Waals surface area contributed by atoms with Crippen LogP contribution in [0.4, 0.5) is 0 Å². The van der Waals surface area contributed by atoms with Crippen molar-refractivity contribution >= 4 is 5.78 Å². The van der Waals surface area contributed by atoms with E-state index in [4.69, 9.17) is 0 Å². The molecule has 0 aliphatic carbocycles. The van der Waals surface area contributed by atoms with Gasteiger partial charge in [0.05, 0.1) is 6.54 Å². The van der Waals surface area contributed by atoms with Crippen LogP contribution in [0.5, 0.6) is 0 Å². The van der Waals surface area contributed by atoms with Gasteiger partial charge in [-0.05, 0) is 58.3 Å². The highest BCUT2D eigenvalue weighted by atomic mass is 16.1. The van der Waals surface area contributed by atoms with E-state index in [1.165, 1.54) is 25.7 Å². The van der Waals surface area contributed by atoms with Crippen molar-refractivity contribution < 1.29 is 4.79 Å². The molecule has 1 atom stereocenters. The molecule has 0 saturated carbocycles. The van der Waals surface area contributed by atoms with Crippen molar-refractivity contribution in [3.8, 4) is 0 Å². The number of nitrogens with one attached hydrogen (secondary N) is 1. The topological polar surface area (TPSA) is 32.3 Å². The van der Waals surface area contributed by atoms with Crippen LogP contribution in [0.2, 0.25) is 0 Å². The summed E-state index contributed by atoms with van der Waals surface area (Å²) in [7, 11) is 0. The average molecular weight is 238 g/mol. The second kappa shape index (κ2) is 7.12. The van der Waals surface area contributed by atoms with E-state index in [1.54, 1.807) is 0 Å². The smallest absolute Gasteiger partial charge is 0.149 e. The molecule has 0 aromatic rings. The van der Waals surface area contributed by atoms with Gasteiger partial charge in [-0.2, -0.15) is 0 Å². The maximum absolute atomic E-state index is 12.3. The van der Waals surface area contributed by atoms with Crippen LogP contribution in [0.25, 0.3) is 0 Å². The minimum absolute atomic E-state index is 0.327. The van der Waals surface area contributed by atoms with Crippen molar-refractivity contribution in [3.63, 3.8) is 0 Å². The fourth-order valence-corrected chi connectivity index (χ4v) is 2.98. The number of ketones is 1. The SMILES string of the molecule is O=C(CN1CCCCCC1)C1CCCNCC1. The Balaban J connectivity index is 1.77. The number of carbonyl (C=O) groups excluding carboxylic acids is 1. The number of Topliss-reactive ketones (excluding diaryl/α,β-unsaturated/α-hetero) is 1. The zero-order valence-corrected chi connectivity index (χ0v) is 10.9. The molecule has 2 fully saturated rings. The van der Waals surface area contributed by atoms with E-state index in [-0.39, 0.29) is 0 Å². The van der Waals surface area contributed by atoms with E-state index in [0.717, 1.165) is 45.4 Å². The van der Waals surface area contributed by atoms with Crippen molar-refractivity contribution in [3.05, 3.63) is 0 Å². The van der Waals surface area contributed by atoms with E-state index < -0.39 is 0 Å². The average Bonchev–Trinajstić information content (AvgIpc) is 2.72. The molecule has 2 aliphatic heterocycles. The van der Waals surface area contributed by atoms with Gasteiger partial charge in [0.25, 0.3) is 0 Å². The summed E-state index contributed by atoms with van der Waals surface area (Å²) < 4.78 is 0. The zero-order valence-electron chi connectivity index (χ0n) is 10.9. The Bertz CT molecular complexity index is 226. The molecular formula is C14H26N2O. The second-order valence-corrected chi connectivity index (χ2v) is 5.53. The van der Waals surface area contributed by atoms with Crippen LogP contribution in [0.3, 0.4) is 0 Å². The van der Waals surface area contributed by atoms with Crippen LogP contribution >= 0.6 is 0 Å². The van der Waals surface area contributed by atoms with Gasteiger partial charge in [-0.25, -0.2) is 0 Å². The lowest BCUT2D eigenvalue weighted by molar-refractivity contribution is -0.124. The Labute approximate surface area is 105 Å². The van der Waals surface area contributed by atoms with Gasteiger partial charge in [0, 0.05) is 5.92 Å². The highest BCUT2D eigenvalue weighted by molar-refractivity contribution is 5.83. The van der Waals surface area contributed by atoms with Crippen LogP contribution in [0.15, 0.2) is 0 Å². The predicted molar refractivity (Wildman–Crippen MR) is 70.1 cm³/mol. The standard InChI is InChI=1S/C14H26N2O/c17-14(13-6-5-8-15-9-7-13)12-16-10-3-1-2-4-11-16/h13,15H,1-12H2. The van der Waals surface area contributed by atoms with Crippen molar-refractivity contribution in [2.45, 2.75) is 44.9 Å². The summed E-state index contributed by atoms with van der Waals surface area (Å²) in [6.45, 7) is 5.10. The van der Waals surface area contributed by atoms with Crippen LogP contribution in [0, 0.1) is 5.92 Å². The molecule has 1 unspecified atom stereocenters. The second-order valence-electron chi connectivity index (χ2n) is 5.53. The highest BCUT2D eigenvalue weighted by Crippen LogP contribution is 2.16. The van der Waals surface area contributed by atoms with Gasteiger partial charge >= 0.3 is 0 Å². The maximum atomic E-state index is 12.3. The van der Waals surface area contributed by atoms with Crippen molar-refractivity contribution in [2.75, 3.05) is 32.7 Å². The first-order valence-corrected chi connectivity index (χ1v) is 7.32. The van der Waals surface area contributed by atoms with Gasteiger partial charge in [-0.1, -0.05) is 12.8 Å². The quantitative estimate of drug-likeness (QED) is 0.814. The number of carbonyl (C=O) groups is 1. The largest absolute Gasteiger partial charge is 0.317 e. The summed E-state index contributed by atoms with van der Waals surface area (Å²) in [4.78, 5) is 14.6. The molecule has 3 nitrogen and oxygen atoms in total. The Morgan fingerprint density at radius 3 is 2.53 bits per heavy atom. The van der Waals surface area contributed by atoms with Crippen molar-refractivity contribution in [1.82, 2.24) is 10.2 Å². The molecule has 2 heterocycles. The fourth-order valence-electron chi connectivity index (χ4n) is 2.98. The van der Waals surface area contributed by atoms with Crippen molar-refractivity contribution in [2.24, 2.45) is 5.92 Å². The third kappa shape index (κ3) is 4.40. The summed E-state index contributed by atoms with van der Waals surface area (Å²) in [6.07, 6.45) is 8.55. The summed E-state index contributed by atoms with van der Waals surface area (Å²) in [5, 5.41) is 3.38. The van der Waals surface area contributed by atoms with Crippen LogP contribution < -0.4 is 5.32 Å². The molecule has 0 aromatic heterocycles. The molecule has 0 bridgehead atoms. The molecule has 98 valence electrons. The normalized spacial score (nSPS) is 28.4. The van der Waals surface area contributed by atoms with Gasteiger partial charge in [0.2, 0.25) is 0 Å². The molecule has 0 amide bonds. The molecule has 3 heteroatoms. The zero-order chi connectivity index (χ0) is 11.9. The monoisotopic (exact) mass is 238 g/mol. The Morgan fingerprint density at radius 2 is 1.76 bits per heavy atom. The van der Waals surface area contributed by atoms with Crippen LogP contribution in [-0.4, -0.2) is 43.4 Å². The first-order valence-electron chi connectivity index (χ1n) is 7.32. The lowest BCUT2D eigenvalue weighted by Crippen LogP contribution is -2.34. The van der Waals surface area contributed by atoms with Crippen LogP contribution in [-0.2, 0) is 4.79 Å². The van der Waals surface area contributed by atoms with Crippen LogP contribution in [0.1, 0.15) is 44.9 Å². The fraction of sp³-hybridized carbons (Fsp3) is 0.929. The third-order valence-corrected chi connectivity index (χ3v) is 4.11. The van der Waals surface area contributed by atoms with E-state index >= 15 is 0 Å². The van der Waals surface area contributed by atoms with E-state index in [0.29, 0.717) is 18.2 Å². The van der Waals surface area contributed by atoms with E-state index in [9.17, 15) is 4.79 Å². The van der Waals surface area contributed by atoms with E-state index in [1.807, 2.05) is 0 Å². The Hall–Kier alpha value is -0.410. The number of rotatable bonds is 3.